The van der Waals surface area contributed by atoms with E-state index in [-0.39, 0.29) is 18.4 Å². The van der Waals surface area contributed by atoms with E-state index in [0.29, 0.717) is 33.0 Å². The lowest BCUT2D eigenvalue weighted by Crippen LogP contribution is -2.43. The van der Waals surface area contributed by atoms with Crippen molar-refractivity contribution < 1.29 is 19.0 Å². The van der Waals surface area contributed by atoms with Crippen LogP contribution in [0.15, 0.2) is 48.7 Å². The van der Waals surface area contributed by atoms with Crippen LogP contribution in [-0.2, 0) is 4.74 Å². The maximum absolute atomic E-state index is 14.7. The van der Waals surface area contributed by atoms with E-state index in [1.165, 1.54) is 17.0 Å². The monoisotopic (exact) mass is 482 g/mol. The molecule has 1 aromatic heterocycles. The van der Waals surface area contributed by atoms with Crippen molar-refractivity contribution in [2.45, 2.75) is 13.0 Å². The van der Waals surface area contributed by atoms with Gasteiger partial charge in [-0.1, -0.05) is 17.7 Å². The van der Waals surface area contributed by atoms with E-state index in [4.69, 9.17) is 16.3 Å². The van der Waals surface area contributed by atoms with Crippen LogP contribution in [-0.4, -0.2) is 55.0 Å². The molecular weight excluding hydrogens is 459 g/mol. The van der Waals surface area contributed by atoms with E-state index in [1.54, 1.807) is 30.5 Å². The van der Waals surface area contributed by atoms with Crippen LogP contribution in [0, 0.1) is 5.82 Å². The highest BCUT2D eigenvalue weighted by molar-refractivity contribution is 6.34. The van der Waals surface area contributed by atoms with Gasteiger partial charge < -0.3 is 20.1 Å². The van der Waals surface area contributed by atoms with Gasteiger partial charge in [0.15, 0.2) is 0 Å². The van der Waals surface area contributed by atoms with Crippen molar-refractivity contribution in [2.24, 2.45) is 0 Å². The summed E-state index contributed by atoms with van der Waals surface area (Å²) >= 11 is 6.50. The first-order valence-electron chi connectivity index (χ1n) is 11.1. The van der Waals surface area contributed by atoms with Crippen molar-refractivity contribution in [3.05, 3.63) is 59.5 Å². The molecule has 3 heterocycles. The van der Waals surface area contributed by atoms with Crippen molar-refractivity contribution in [3.8, 4) is 28.0 Å². The molecule has 0 radical (unpaired) electrons. The molecule has 1 amide bonds. The summed E-state index contributed by atoms with van der Waals surface area (Å²) in [5, 5.41) is 14.7. The van der Waals surface area contributed by atoms with Crippen molar-refractivity contribution >= 4 is 29.2 Å². The fourth-order valence-corrected chi connectivity index (χ4v) is 4.69. The molecule has 0 unspecified atom stereocenters. The molecule has 3 aromatic rings. The number of rotatable bonds is 4. The molecule has 34 heavy (non-hydrogen) atoms. The lowest BCUT2D eigenvalue weighted by atomic mass is 9.97. The van der Waals surface area contributed by atoms with Crippen molar-refractivity contribution in [3.63, 3.8) is 0 Å². The van der Waals surface area contributed by atoms with Crippen molar-refractivity contribution in [1.82, 2.24) is 10.3 Å². The third-order valence-electron chi connectivity index (χ3n) is 6.18. The van der Waals surface area contributed by atoms with Crippen LogP contribution < -0.4 is 15.1 Å². The highest BCUT2D eigenvalue weighted by Crippen LogP contribution is 2.42. The lowest BCUT2D eigenvalue weighted by Gasteiger charge is -2.28. The fraction of sp³-hybridized carbons (Fsp3) is 0.280. The first-order chi connectivity index (χ1) is 16.4. The summed E-state index contributed by atoms with van der Waals surface area (Å²) in [6.45, 7) is 5.53. The average molecular weight is 483 g/mol. The van der Waals surface area contributed by atoms with Gasteiger partial charge in [0.1, 0.15) is 24.0 Å². The zero-order valence-corrected chi connectivity index (χ0v) is 19.3. The van der Waals surface area contributed by atoms with Gasteiger partial charge in [0.05, 0.1) is 16.8 Å². The maximum Gasteiger partial charge on any atom is 0.414 e. The van der Waals surface area contributed by atoms with Gasteiger partial charge in [-0.05, 0) is 54.4 Å². The molecular formula is C25H24ClFN4O3. The number of amides is 1. The van der Waals surface area contributed by atoms with E-state index >= 15 is 0 Å². The number of ether oxygens (including phenoxy) is 1. The number of benzene rings is 2. The molecule has 0 bridgehead atoms. The quantitative estimate of drug-likeness (QED) is 0.562. The number of phenols is 1. The summed E-state index contributed by atoms with van der Waals surface area (Å²) in [6.07, 6.45) is 1.20. The van der Waals surface area contributed by atoms with Gasteiger partial charge >= 0.3 is 6.09 Å². The van der Waals surface area contributed by atoms with Gasteiger partial charge in [-0.3, -0.25) is 4.90 Å². The number of aromatic nitrogens is 1. The Kier molecular flexibility index (Phi) is 6.02. The van der Waals surface area contributed by atoms with Gasteiger partial charge in [-0.25, -0.2) is 14.2 Å². The van der Waals surface area contributed by atoms with E-state index in [0.717, 1.165) is 32.0 Å². The molecule has 2 aromatic carbocycles. The van der Waals surface area contributed by atoms with Gasteiger partial charge in [0.2, 0.25) is 0 Å². The molecule has 1 atom stereocenters. The van der Waals surface area contributed by atoms with Crippen LogP contribution in [0.25, 0.3) is 22.3 Å². The Morgan fingerprint density at radius 3 is 2.47 bits per heavy atom. The fourth-order valence-electron chi connectivity index (χ4n) is 4.41. The highest BCUT2D eigenvalue weighted by atomic mass is 35.5. The van der Waals surface area contributed by atoms with Crippen LogP contribution in [0.5, 0.6) is 5.75 Å². The number of hydrogen-bond acceptors (Lipinski definition) is 6. The minimum Gasteiger partial charge on any atom is -0.507 e. The number of nitrogens with zero attached hydrogens (tertiary/aromatic N) is 3. The third kappa shape index (κ3) is 4.15. The first-order valence-corrected chi connectivity index (χ1v) is 11.5. The Morgan fingerprint density at radius 2 is 1.82 bits per heavy atom. The second-order valence-electron chi connectivity index (χ2n) is 8.45. The largest absolute Gasteiger partial charge is 0.507 e. The molecule has 9 heteroatoms. The van der Waals surface area contributed by atoms with Crippen LogP contribution in [0.4, 0.5) is 20.7 Å². The SMILES string of the molecule is C[C@H]1COC(=O)N1c1ccc(-c2cc(F)cc(-c3ccnc(N4CCNCC4)c3)c2O)cc1Cl. The van der Waals surface area contributed by atoms with E-state index < -0.39 is 11.9 Å². The molecule has 5 rings (SSSR count). The number of nitrogens with one attached hydrogen (secondary N) is 1. The maximum atomic E-state index is 14.7. The molecule has 2 saturated heterocycles. The summed E-state index contributed by atoms with van der Waals surface area (Å²) < 4.78 is 19.8. The number of carbonyl (C=O) groups is 1. The number of hydrogen-bond donors (Lipinski definition) is 2. The predicted molar refractivity (Wildman–Crippen MR) is 130 cm³/mol. The van der Waals surface area contributed by atoms with Crippen LogP contribution in [0.3, 0.4) is 0 Å². The minimum absolute atomic E-state index is 0.0587. The number of carbonyl (C=O) groups excluding carboxylic acids is 1. The van der Waals surface area contributed by atoms with Crippen LogP contribution in [0.2, 0.25) is 5.02 Å². The molecule has 2 aliphatic heterocycles. The van der Waals surface area contributed by atoms with Crippen LogP contribution in [0.1, 0.15) is 6.92 Å². The zero-order valence-electron chi connectivity index (χ0n) is 18.6. The standard InChI is InChI=1S/C25H24ClFN4O3/c1-15-14-34-25(33)31(15)22-3-2-16(10-21(22)26)19-12-18(27)13-20(24(19)32)17-4-5-29-23(11-17)30-8-6-28-7-9-30/h2-5,10-13,15,28,32H,6-9,14H2,1H3/t15-/m0/s1. The number of cyclic esters (lactones) is 1. The van der Waals surface area contributed by atoms with E-state index in [1.807, 2.05) is 13.0 Å². The summed E-state index contributed by atoms with van der Waals surface area (Å²) in [6, 6.07) is 11.0. The zero-order chi connectivity index (χ0) is 23.8. The van der Waals surface area contributed by atoms with E-state index in [2.05, 4.69) is 15.2 Å². The number of aromatic hydroxyl groups is 1. The molecule has 176 valence electrons. The lowest BCUT2D eigenvalue weighted by molar-refractivity contribution is 0.179. The Bertz CT molecular complexity index is 1250. The molecule has 2 aliphatic rings. The average Bonchev–Trinajstić information content (AvgIpc) is 3.18. The summed E-state index contributed by atoms with van der Waals surface area (Å²) in [4.78, 5) is 20.2. The van der Waals surface area contributed by atoms with Crippen LogP contribution >= 0.6 is 11.6 Å². The van der Waals surface area contributed by atoms with Crippen molar-refractivity contribution in [2.75, 3.05) is 42.6 Å². The summed E-state index contributed by atoms with van der Waals surface area (Å²) in [5.41, 5.74) is 2.37. The Morgan fingerprint density at radius 1 is 1.12 bits per heavy atom. The summed E-state index contributed by atoms with van der Waals surface area (Å²) in [5.74, 6) is 0.236. The number of halogens is 2. The number of phenolic OH excluding ortho intramolecular Hbond substituents is 1. The first kappa shape index (κ1) is 22.4. The molecule has 0 spiro atoms. The Hall–Kier alpha value is -3.36. The van der Waals surface area contributed by atoms with Crippen molar-refractivity contribution in [1.29, 1.82) is 0 Å². The van der Waals surface area contributed by atoms with Gasteiger partial charge in [0, 0.05) is 43.5 Å². The predicted octanol–water partition coefficient (Wildman–Crippen LogP) is 4.67. The topological polar surface area (TPSA) is 77.9 Å². The third-order valence-corrected chi connectivity index (χ3v) is 6.48. The molecule has 2 fully saturated rings. The molecule has 2 N–H and O–H groups in total. The Balaban J connectivity index is 1.52. The van der Waals surface area contributed by atoms with Gasteiger partial charge in [0.25, 0.3) is 0 Å². The molecule has 0 saturated carbocycles. The molecule has 7 nitrogen and oxygen atoms in total. The highest BCUT2D eigenvalue weighted by Gasteiger charge is 2.32. The smallest absolute Gasteiger partial charge is 0.414 e. The Labute approximate surface area is 201 Å². The van der Waals surface area contributed by atoms with E-state index in [9.17, 15) is 14.3 Å². The second-order valence-corrected chi connectivity index (χ2v) is 8.86. The number of piperazine rings is 1. The van der Waals surface area contributed by atoms with Gasteiger partial charge in [-0.2, -0.15) is 0 Å². The normalized spacial score (nSPS) is 18.3. The number of pyridine rings is 1. The second kappa shape index (κ2) is 9.12. The van der Waals surface area contributed by atoms with Gasteiger partial charge in [-0.15, -0.1) is 0 Å². The summed E-state index contributed by atoms with van der Waals surface area (Å²) in [7, 11) is 0. The number of anilines is 2. The minimum atomic E-state index is -0.486. The molecule has 0 aliphatic carbocycles.